The minimum atomic E-state index is -0.369. The van der Waals surface area contributed by atoms with Crippen LogP contribution in [0.3, 0.4) is 0 Å². The minimum absolute atomic E-state index is 0.202. The summed E-state index contributed by atoms with van der Waals surface area (Å²) in [7, 11) is 0. The molecule has 1 atom stereocenters. The number of thioether (sulfide) groups is 1. The van der Waals surface area contributed by atoms with Crippen LogP contribution in [0.5, 0.6) is 0 Å². The van der Waals surface area contributed by atoms with Crippen LogP contribution in [0.2, 0.25) is 0 Å². The molecule has 0 aliphatic carbocycles. The molecule has 0 fully saturated rings. The van der Waals surface area contributed by atoms with Crippen LogP contribution in [0.1, 0.15) is 32.4 Å². The highest BCUT2D eigenvalue weighted by molar-refractivity contribution is 8.00. The molecule has 2 aromatic rings. The van der Waals surface area contributed by atoms with Gasteiger partial charge in [-0.05, 0) is 45.4 Å². The lowest BCUT2D eigenvalue weighted by atomic mass is 10.2. The predicted molar refractivity (Wildman–Crippen MR) is 85.5 cm³/mol. The van der Waals surface area contributed by atoms with E-state index in [-0.39, 0.29) is 23.0 Å². The third-order valence-corrected chi connectivity index (χ3v) is 4.26. The molecular formula is C15H19FN4OS. The minimum Gasteiger partial charge on any atom is -0.325 e. The molecule has 0 aliphatic heterocycles. The normalized spacial score (nSPS) is 12.5. The first-order valence-corrected chi connectivity index (χ1v) is 7.89. The molecular weight excluding hydrogens is 303 g/mol. The Labute approximate surface area is 133 Å². The summed E-state index contributed by atoms with van der Waals surface area (Å²) in [6, 6.07) is 4.86. The van der Waals surface area contributed by atoms with Crippen LogP contribution < -0.4 is 5.32 Å². The summed E-state index contributed by atoms with van der Waals surface area (Å²) in [6.45, 7) is 7.50. The Hall–Kier alpha value is -1.89. The van der Waals surface area contributed by atoms with Crippen LogP contribution in [0, 0.1) is 12.7 Å². The largest absolute Gasteiger partial charge is 0.325 e. The number of nitrogens with zero attached hydrogens (tertiary/aromatic N) is 3. The Morgan fingerprint density at radius 1 is 1.36 bits per heavy atom. The van der Waals surface area contributed by atoms with Crippen LogP contribution >= 0.6 is 11.8 Å². The topological polar surface area (TPSA) is 59.8 Å². The number of aryl methyl sites for hydroxylation is 1. The van der Waals surface area contributed by atoms with Gasteiger partial charge in [-0.15, -0.1) is 10.2 Å². The van der Waals surface area contributed by atoms with E-state index < -0.39 is 0 Å². The van der Waals surface area contributed by atoms with Crippen molar-refractivity contribution >= 4 is 23.4 Å². The highest BCUT2D eigenvalue weighted by atomic mass is 32.2. The van der Waals surface area contributed by atoms with Crippen molar-refractivity contribution in [3.63, 3.8) is 0 Å². The van der Waals surface area contributed by atoms with Crippen molar-refractivity contribution in [1.29, 1.82) is 0 Å². The van der Waals surface area contributed by atoms with Gasteiger partial charge in [0.25, 0.3) is 0 Å². The molecule has 1 aromatic heterocycles. The molecule has 1 aromatic carbocycles. The average molecular weight is 322 g/mol. The van der Waals surface area contributed by atoms with Crippen LogP contribution in [-0.4, -0.2) is 25.9 Å². The summed E-state index contributed by atoms with van der Waals surface area (Å²) < 4.78 is 15.4. The van der Waals surface area contributed by atoms with E-state index in [4.69, 9.17) is 0 Å². The molecule has 1 heterocycles. The Bertz CT molecular complexity index is 671. The lowest BCUT2D eigenvalue weighted by Crippen LogP contribution is -2.23. The highest BCUT2D eigenvalue weighted by Crippen LogP contribution is 2.24. The summed E-state index contributed by atoms with van der Waals surface area (Å²) in [5, 5.41) is 10.9. The standard InChI is InChI=1S/C15H19FN4OS/c1-9(2)20-8-17-19-15(20)22-11(4)14(21)18-12-6-5-10(3)13(16)7-12/h5-9,11H,1-4H3,(H,18,21). The Balaban J connectivity index is 2.02. The second kappa shape index (κ2) is 6.91. The number of aromatic nitrogens is 3. The summed E-state index contributed by atoms with van der Waals surface area (Å²) in [5.74, 6) is -0.538. The molecule has 2 rings (SSSR count). The lowest BCUT2D eigenvalue weighted by molar-refractivity contribution is -0.115. The molecule has 118 valence electrons. The number of benzene rings is 1. The molecule has 1 N–H and O–H groups in total. The van der Waals surface area contributed by atoms with Gasteiger partial charge in [0.1, 0.15) is 12.1 Å². The van der Waals surface area contributed by atoms with Crippen LogP contribution in [0.15, 0.2) is 29.7 Å². The smallest absolute Gasteiger partial charge is 0.237 e. The van der Waals surface area contributed by atoms with Gasteiger partial charge in [0.15, 0.2) is 5.16 Å². The predicted octanol–water partition coefficient (Wildman–Crippen LogP) is 3.43. The van der Waals surface area contributed by atoms with Gasteiger partial charge in [-0.25, -0.2) is 4.39 Å². The summed E-state index contributed by atoms with van der Waals surface area (Å²) in [5.41, 5.74) is 0.997. The van der Waals surface area contributed by atoms with Gasteiger partial charge in [0.05, 0.1) is 5.25 Å². The molecule has 0 spiro atoms. The highest BCUT2D eigenvalue weighted by Gasteiger charge is 2.19. The van der Waals surface area contributed by atoms with E-state index in [1.54, 1.807) is 32.3 Å². The van der Waals surface area contributed by atoms with Crippen molar-refractivity contribution in [1.82, 2.24) is 14.8 Å². The van der Waals surface area contributed by atoms with Gasteiger partial charge in [-0.3, -0.25) is 4.79 Å². The summed E-state index contributed by atoms with van der Waals surface area (Å²) in [4.78, 5) is 12.2. The number of amides is 1. The monoisotopic (exact) mass is 322 g/mol. The van der Waals surface area contributed by atoms with E-state index in [1.165, 1.54) is 17.8 Å². The molecule has 0 aliphatic rings. The zero-order valence-corrected chi connectivity index (χ0v) is 13.8. The molecule has 0 saturated carbocycles. The molecule has 1 unspecified atom stereocenters. The molecule has 22 heavy (non-hydrogen) atoms. The van der Waals surface area contributed by atoms with E-state index in [0.717, 1.165) is 0 Å². The van der Waals surface area contributed by atoms with Gasteiger partial charge in [-0.2, -0.15) is 0 Å². The number of halogens is 1. The van der Waals surface area contributed by atoms with Gasteiger partial charge in [0.2, 0.25) is 5.91 Å². The molecule has 1 amide bonds. The van der Waals surface area contributed by atoms with Crippen molar-refractivity contribution in [2.24, 2.45) is 0 Å². The van der Waals surface area contributed by atoms with E-state index in [1.807, 2.05) is 18.4 Å². The molecule has 0 saturated heterocycles. The van der Waals surface area contributed by atoms with Gasteiger partial charge in [-0.1, -0.05) is 17.8 Å². The second-order valence-electron chi connectivity index (χ2n) is 5.33. The Morgan fingerprint density at radius 3 is 2.73 bits per heavy atom. The van der Waals surface area contributed by atoms with Crippen molar-refractivity contribution in [2.45, 2.75) is 44.1 Å². The van der Waals surface area contributed by atoms with Crippen LogP contribution in [0.4, 0.5) is 10.1 Å². The Morgan fingerprint density at radius 2 is 2.09 bits per heavy atom. The first-order valence-electron chi connectivity index (χ1n) is 7.01. The van der Waals surface area contributed by atoms with E-state index in [2.05, 4.69) is 15.5 Å². The van der Waals surface area contributed by atoms with Crippen LogP contribution in [0.25, 0.3) is 0 Å². The number of hydrogen-bond acceptors (Lipinski definition) is 4. The molecule has 7 heteroatoms. The fourth-order valence-corrected chi connectivity index (χ4v) is 2.75. The van der Waals surface area contributed by atoms with E-state index in [9.17, 15) is 9.18 Å². The zero-order valence-electron chi connectivity index (χ0n) is 13.0. The van der Waals surface area contributed by atoms with E-state index in [0.29, 0.717) is 16.4 Å². The molecule has 0 radical (unpaired) electrons. The number of nitrogens with one attached hydrogen (secondary N) is 1. The maximum absolute atomic E-state index is 13.5. The fourth-order valence-electron chi connectivity index (χ4n) is 1.80. The molecule has 0 bridgehead atoms. The molecule has 5 nitrogen and oxygen atoms in total. The van der Waals surface area contributed by atoms with Gasteiger partial charge >= 0.3 is 0 Å². The number of rotatable bonds is 5. The Kier molecular flexibility index (Phi) is 5.18. The summed E-state index contributed by atoms with van der Waals surface area (Å²) in [6.07, 6.45) is 1.65. The average Bonchev–Trinajstić information content (AvgIpc) is 2.91. The first-order chi connectivity index (χ1) is 10.4. The summed E-state index contributed by atoms with van der Waals surface area (Å²) >= 11 is 1.32. The number of anilines is 1. The zero-order chi connectivity index (χ0) is 16.3. The second-order valence-corrected chi connectivity index (χ2v) is 6.64. The van der Waals surface area contributed by atoms with Gasteiger partial charge in [0, 0.05) is 11.7 Å². The van der Waals surface area contributed by atoms with Crippen LogP contribution in [-0.2, 0) is 4.79 Å². The quantitative estimate of drug-likeness (QED) is 0.857. The maximum Gasteiger partial charge on any atom is 0.237 e. The van der Waals surface area contributed by atoms with Crippen molar-refractivity contribution in [3.8, 4) is 0 Å². The van der Waals surface area contributed by atoms with E-state index >= 15 is 0 Å². The van der Waals surface area contributed by atoms with Crippen molar-refractivity contribution in [3.05, 3.63) is 35.9 Å². The van der Waals surface area contributed by atoms with Crippen molar-refractivity contribution in [2.75, 3.05) is 5.32 Å². The van der Waals surface area contributed by atoms with Crippen molar-refractivity contribution < 1.29 is 9.18 Å². The lowest BCUT2D eigenvalue weighted by Gasteiger charge is -2.14. The fraction of sp³-hybridized carbons (Fsp3) is 0.400. The van der Waals surface area contributed by atoms with Gasteiger partial charge < -0.3 is 9.88 Å². The third kappa shape index (κ3) is 3.85. The SMILES string of the molecule is Cc1ccc(NC(=O)C(C)Sc2nncn2C(C)C)cc1F. The maximum atomic E-state index is 13.5. The number of hydrogen-bond donors (Lipinski definition) is 1. The number of carbonyl (C=O) groups excluding carboxylic acids is 1. The number of carbonyl (C=O) groups is 1. The first kappa shape index (κ1) is 16.5. The third-order valence-electron chi connectivity index (χ3n) is 3.19.